The molecule has 0 fully saturated rings. The second-order valence-electron chi connectivity index (χ2n) is 6.76. The van der Waals surface area contributed by atoms with E-state index in [1.807, 2.05) is 36.5 Å². The minimum absolute atomic E-state index is 0.107. The van der Waals surface area contributed by atoms with Crippen molar-refractivity contribution in [1.82, 2.24) is 15.0 Å². The number of nitrogens with one attached hydrogen (secondary N) is 1. The third-order valence-corrected chi connectivity index (χ3v) is 5.61. The summed E-state index contributed by atoms with van der Waals surface area (Å²) < 4.78 is 0. The number of aliphatic hydroxyl groups excluding tert-OH is 1. The molecule has 0 saturated carbocycles. The molecule has 0 aromatic carbocycles. The molecule has 1 unspecified atom stereocenters. The van der Waals surface area contributed by atoms with Crippen molar-refractivity contribution in [2.75, 3.05) is 11.9 Å². The molecule has 3 heterocycles. The number of hydrogen-bond donors (Lipinski definition) is 2. The Balaban J connectivity index is 1.73. The first kappa shape index (κ1) is 20.1. The van der Waals surface area contributed by atoms with E-state index in [-0.39, 0.29) is 18.3 Å². The summed E-state index contributed by atoms with van der Waals surface area (Å²) in [7, 11) is 0. The summed E-state index contributed by atoms with van der Waals surface area (Å²) >= 11 is 1.61. The molecule has 1 atom stereocenters. The molecule has 0 spiro atoms. The van der Waals surface area contributed by atoms with Crippen LogP contribution in [0.3, 0.4) is 0 Å². The predicted molar refractivity (Wildman–Crippen MR) is 112 cm³/mol. The zero-order valence-electron chi connectivity index (χ0n) is 16.1. The first-order valence-corrected chi connectivity index (χ1v) is 10.1. The van der Waals surface area contributed by atoms with Crippen LogP contribution in [0.2, 0.25) is 0 Å². The van der Waals surface area contributed by atoms with Gasteiger partial charge in [-0.05, 0) is 49.6 Å². The maximum Gasteiger partial charge on any atom is 0.132 e. The summed E-state index contributed by atoms with van der Waals surface area (Å²) in [4.78, 5) is 25.7. The Morgan fingerprint density at radius 2 is 2.11 bits per heavy atom. The second-order valence-corrected chi connectivity index (χ2v) is 7.82. The molecule has 0 amide bonds. The Labute approximate surface area is 168 Å². The third kappa shape index (κ3) is 5.43. The molecular weight excluding hydrogens is 372 g/mol. The van der Waals surface area contributed by atoms with Crippen LogP contribution in [0.5, 0.6) is 0 Å². The predicted octanol–water partition coefficient (Wildman–Crippen LogP) is 4.35. The van der Waals surface area contributed by atoms with Crippen molar-refractivity contribution in [3.05, 3.63) is 53.3 Å². The molecule has 7 heteroatoms. The molecule has 2 N–H and O–H groups in total. The van der Waals surface area contributed by atoms with Crippen LogP contribution < -0.4 is 5.32 Å². The number of ketones is 1. The zero-order valence-corrected chi connectivity index (χ0v) is 16.9. The summed E-state index contributed by atoms with van der Waals surface area (Å²) in [5.41, 5.74) is 1.86. The van der Waals surface area contributed by atoms with Crippen LogP contribution in [0.15, 0.2) is 42.7 Å². The van der Waals surface area contributed by atoms with Crippen molar-refractivity contribution in [1.29, 1.82) is 0 Å². The maximum absolute atomic E-state index is 11.2. The van der Waals surface area contributed by atoms with E-state index in [0.717, 1.165) is 27.6 Å². The van der Waals surface area contributed by atoms with Gasteiger partial charge in [0.25, 0.3) is 0 Å². The number of thiazole rings is 1. The Bertz CT molecular complexity index is 941. The van der Waals surface area contributed by atoms with Gasteiger partial charge in [-0.15, -0.1) is 11.3 Å². The van der Waals surface area contributed by atoms with Gasteiger partial charge < -0.3 is 15.2 Å². The minimum atomic E-state index is 0.107. The SMILES string of the molecule is CC(=O)CCC(C)c1ncc(-c2cccc(Nc3cc(CCO)ccn3)n2)s1. The van der Waals surface area contributed by atoms with Gasteiger partial charge in [-0.1, -0.05) is 13.0 Å². The first-order chi connectivity index (χ1) is 13.5. The molecule has 0 radical (unpaired) electrons. The molecule has 0 aliphatic carbocycles. The second kappa shape index (κ2) is 9.52. The van der Waals surface area contributed by atoms with Crippen molar-refractivity contribution in [3.8, 4) is 10.6 Å². The van der Waals surface area contributed by atoms with Crippen LogP contribution in [-0.2, 0) is 11.2 Å². The van der Waals surface area contributed by atoms with Gasteiger partial charge in [0, 0.05) is 31.3 Å². The number of nitrogens with zero attached hydrogens (tertiary/aromatic N) is 3. The average molecular weight is 397 g/mol. The lowest BCUT2D eigenvalue weighted by molar-refractivity contribution is -0.117. The van der Waals surface area contributed by atoms with E-state index >= 15 is 0 Å². The number of carbonyl (C=O) groups excluding carboxylic acids is 1. The van der Waals surface area contributed by atoms with Gasteiger partial charge in [-0.3, -0.25) is 0 Å². The summed E-state index contributed by atoms with van der Waals surface area (Å²) in [5, 5.41) is 13.3. The fourth-order valence-electron chi connectivity index (χ4n) is 2.78. The third-order valence-electron chi connectivity index (χ3n) is 4.36. The van der Waals surface area contributed by atoms with E-state index in [4.69, 9.17) is 5.11 Å². The van der Waals surface area contributed by atoms with E-state index in [9.17, 15) is 4.79 Å². The van der Waals surface area contributed by atoms with Crippen LogP contribution in [0.1, 0.15) is 43.2 Å². The Morgan fingerprint density at radius 1 is 1.25 bits per heavy atom. The molecule has 146 valence electrons. The number of aromatic nitrogens is 3. The van der Waals surface area contributed by atoms with E-state index in [2.05, 4.69) is 27.2 Å². The highest BCUT2D eigenvalue weighted by Crippen LogP contribution is 2.31. The van der Waals surface area contributed by atoms with Gasteiger partial charge in [-0.25, -0.2) is 15.0 Å². The number of pyridine rings is 2. The zero-order chi connectivity index (χ0) is 19.9. The lowest BCUT2D eigenvalue weighted by Crippen LogP contribution is -1.98. The first-order valence-electron chi connectivity index (χ1n) is 9.30. The quantitative estimate of drug-likeness (QED) is 0.559. The summed E-state index contributed by atoms with van der Waals surface area (Å²) in [5.74, 6) is 1.85. The fraction of sp³-hybridized carbons (Fsp3) is 0.333. The van der Waals surface area contributed by atoms with Crippen molar-refractivity contribution in [2.45, 2.75) is 39.0 Å². The molecule has 0 aliphatic heterocycles. The molecule has 0 aliphatic rings. The highest BCUT2D eigenvalue weighted by Gasteiger charge is 2.13. The van der Waals surface area contributed by atoms with Crippen LogP contribution in [0.4, 0.5) is 11.6 Å². The van der Waals surface area contributed by atoms with Crippen molar-refractivity contribution in [3.63, 3.8) is 0 Å². The molecule has 6 nitrogen and oxygen atoms in total. The van der Waals surface area contributed by atoms with Gasteiger partial charge >= 0.3 is 0 Å². The minimum Gasteiger partial charge on any atom is -0.396 e. The number of Topliss-reactive ketones (excluding diaryl/α,β-unsaturated/α-hetero) is 1. The van der Waals surface area contributed by atoms with Crippen molar-refractivity contribution in [2.24, 2.45) is 0 Å². The number of anilines is 2. The topological polar surface area (TPSA) is 88.0 Å². The smallest absolute Gasteiger partial charge is 0.132 e. The Morgan fingerprint density at radius 3 is 2.89 bits per heavy atom. The van der Waals surface area contributed by atoms with E-state index in [1.165, 1.54) is 0 Å². The summed E-state index contributed by atoms with van der Waals surface area (Å²) in [6.07, 6.45) is 5.55. The lowest BCUT2D eigenvalue weighted by atomic mass is 10.1. The number of hydrogen-bond acceptors (Lipinski definition) is 7. The highest BCUT2D eigenvalue weighted by atomic mass is 32.1. The van der Waals surface area contributed by atoms with E-state index in [1.54, 1.807) is 24.5 Å². The van der Waals surface area contributed by atoms with Gasteiger partial charge in [0.15, 0.2) is 0 Å². The molecule has 28 heavy (non-hydrogen) atoms. The molecule has 3 aromatic rings. The summed E-state index contributed by atoms with van der Waals surface area (Å²) in [6, 6.07) is 9.59. The van der Waals surface area contributed by atoms with E-state index in [0.29, 0.717) is 24.5 Å². The Hall–Kier alpha value is -2.64. The normalized spacial score (nSPS) is 12.0. The van der Waals surface area contributed by atoms with Crippen molar-refractivity contribution < 1.29 is 9.90 Å². The Kier molecular flexibility index (Phi) is 6.84. The van der Waals surface area contributed by atoms with Crippen LogP contribution in [0.25, 0.3) is 10.6 Å². The number of rotatable bonds is 9. The molecule has 3 aromatic heterocycles. The lowest BCUT2D eigenvalue weighted by Gasteiger charge is -2.07. The van der Waals surface area contributed by atoms with Crippen molar-refractivity contribution >= 4 is 28.8 Å². The van der Waals surface area contributed by atoms with Gasteiger partial charge in [-0.2, -0.15) is 0 Å². The van der Waals surface area contributed by atoms with E-state index < -0.39 is 0 Å². The fourth-order valence-corrected chi connectivity index (χ4v) is 3.75. The maximum atomic E-state index is 11.2. The van der Waals surface area contributed by atoms with Crippen LogP contribution in [-0.4, -0.2) is 32.4 Å². The number of aliphatic hydroxyl groups is 1. The molecular formula is C21H24N4O2S. The molecule has 0 bridgehead atoms. The standard InChI is InChI=1S/C21H24N4O2S/c1-14(6-7-15(2)27)21-23-13-18(28-21)17-4-3-5-19(24-17)25-20-12-16(9-11-26)8-10-22-20/h3-5,8,10,12-14,26H,6-7,9,11H2,1-2H3,(H,22,24,25). The van der Waals surface area contributed by atoms with Gasteiger partial charge in [0.1, 0.15) is 17.4 Å². The summed E-state index contributed by atoms with van der Waals surface area (Å²) in [6.45, 7) is 3.83. The highest BCUT2D eigenvalue weighted by molar-refractivity contribution is 7.15. The largest absolute Gasteiger partial charge is 0.396 e. The van der Waals surface area contributed by atoms with Crippen LogP contribution in [0, 0.1) is 0 Å². The van der Waals surface area contributed by atoms with Crippen LogP contribution >= 0.6 is 11.3 Å². The molecule has 0 saturated heterocycles. The monoisotopic (exact) mass is 396 g/mol. The van der Waals surface area contributed by atoms with Gasteiger partial charge in [0.2, 0.25) is 0 Å². The molecule has 3 rings (SSSR count). The van der Waals surface area contributed by atoms with Gasteiger partial charge in [0.05, 0.1) is 15.6 Å². The average Bonchev–Trinajstić information content (AvgIpc) is 3.17. The number of carbonyl (C=O) groups is 1.